The van der Waals surface area contributed by atoms with Crippen molar-refractivity contribution in [3.63, 3.8) is 0 Å². The predicted molar refractivity (Wildman–Crippen MR) is 363 cm³/mol. The summed E-state index contributed by atoms with van der Waals surface area (Å²) in [6.07, 6.45) is 14.1. The zero-order valence-electron chi connectivity index (χ0n) is 47.8. The molecule has 0 saturated heterocycles. The van der Waals surface area contributed by atoms with E-state index in [9.17, 15) is 0 Å². The number of aromatic nitrogens is 5. The van der Waals surface area contributed by atoms with Gasteiger partial charge in [0, 0.05) is 86.0 Å². The molecule has 5 aromatic heterocycles. The fourth-order valence-electron chi connectivity index (χ4n) is 13.6. The van der Waals surface area contributed by atoms with Gasteiger partial charge in [0.25, 0.3) is 0 Å². The maximum atomic E-state index is 4.83. The van der Waals surface area contributed by atoms with E-state index >= 15 is 0 Å². The first-order valence-electron chi connectivity index (χ1n) is 29.9. The molecule has 17 rings (SSSR count). The van der Waals surface area contributed by atoms with Crippen molar-refractivity contribution in [3.05, 3.63) is 326 Å². The standard InChI is InChI=1S/C82H52N6/c1-2-26-75(83-42-14-1)65-22-7-3-18-61(65)55-32-38-79-71(47-55)72-48-56(62-19-4-8-23-66(62)76-27-11-15-43-84-76)33-39-80(72)87(79)59-36-30-53-46-54-31-37-60(52-70(54)69(53)51-59)88-81-40-34-57(63-20-5-9-24-67(63)77-28-12-16-44-85-77)49-73(81)74-50-58(35-41-82(74)88)64-21-6-10-25-68(64)78-29-13-17-45-86-78/h1,3-45,47-52H,46H2. The van der Waals surface area contributed by atoms with E-state index in [2.05, 4.69) is 258 Å². The van der Waals surface area contributed by atoms with Crippen molar-refractivity contribution in [2.75, 3.05) is 0 Å². The Hall–Kier alpha value is -11.8. The van der Waals surface area contributed by atoms with Crippen LogP contribution in [-0.4, -0.2) is 29.8 Å². The van der Waals surface area contributed by atoms with Gasteiger partial charge in [-0.3, -0.25) is 19.9 Å². The van der Waals surface area contributed by atoms with Gasteiger partial charge in [-0.1, -0.05) is 152 Å². The number of benzene rings is 10. The third-order valence-electron chi connectivity index (χ3n) is 17.7. The normalized spacial score (nSPS) is 12.5. The maximum Gasteiger partial charge on any atom is 0.0785 e. The van der Waals surface area contributed by atoms with E-state index in [0.717, 1.165) is 129 Å². The summed E-state index contributed by atoms with van der Waals surface area (Å²) in [5, 5.41) is 4.68. The van der Waals surface area contributed by atoms with Gasteiger partial charge in [-0.05, 0) is 195 Å². The van der Waals surface area contributed by atoms with Crippen LogP contribution in [0.4, 0.5) is 0 Å². The summed E-state index contributed by atoms with van der Waals surface area (Å²) < 4.78 is 4.93. The van der Waals surface area contributed by atoms with Crippen LogP contribution >= 0.6 is 0 Å². The van der Waals surface area contributed by atoms with Crippen molar-refractivity contribution in [1.82, 2.24) is 24.1 Å². The molecule has 0 saturated carbocycles. The van der Waals surface area contributed by atoms with Gasteiger partial charge < -0.3 is 9.13 Å². The summed E-state index contributed by atoms with van der Waals surface area (Å²) in [4.78, 5) is 19.2. The van der Waals surface area contributed by atoms with E-state index in [1.54, 1.807) is 0 Å². The maximum absolute atomic E-state index is 4.83. The van der Waals surface area contributed by atoms with Crippen LogP contribution in [0, 0.1) is 0 Å². The highest BCUT2D eigenvalue weighted by molar-refractivity contribution is 6.16. The van der Waals surface area contributed by atoms with Crippen LogP contribution in [0.25, 0.3) is 144 Å². The molecule has 10 aromatic carbocycles. The van der Waals surface area contributed by atoms with E-state index in [4.69, 9.17) is 19.9 Å². The third kappa shape index (κ3) is 8.58. The first-order chi connectivity index (χ1) is 43.6. The quantitative estimate of drug-likeness (QED) is 0.128. The molecule has 0 bridgehead atoms. The number of nitrogens with zero attached hydrogens (tertiary/aromatic N) is 6. The molecule has 0 spiro atoms. The van der Waals surface area contributed by atoms with Gasteiger partial charge >= 0.3 is 0 Å². The van der Waals surface area contributed by atoms with Crippen molar-refractivity contribution in [1.29, 1.82) is 0 Å². The molecule has 0 radical (unpaired) electrons. The van der Waals surface area contributed by atoms with E-state index in [-0.39, 0.29) is 0 Å². The fraction of sp³-hybridized carbons (Fsp3) is 0.0122. The summed E-state index contributed by atoms with van der Waals surface area (Å²) in [5.41, 5.74) is 32.3. The summed E-state index contributed by atoms with van der Waals surface area (Å²) in [6, 6.07) is 94.8. The lowest BCUT2D eigenvalue weighted by atomic mass is 9.94. The van der Waals surface area contributed by atoms with Gasteiger partial charge in [0.05, 0.1) is 44.9 Å². The lowest BCUT2D eigenvalue weighted by Gasteiger charge is -2.14. The number of allylic oxidation sites excluding steroid dienone is 2. The van der Waals surface area contributed by atoms with Crippen molar-refractivity contribution in [2.24, 2.45) is 4.99 Å². The molecule has 0 N–H and O–H groups in total. The average molecular weight is 1120 g/mol. The molecule has 15 aromatic rings. The number of hydrogen-bond acceptors (Lipinski definition) is 4. The van der Waals surface area contributed by atoms with Crippen molar-refractivity contribution >= 4 is 49.3 Å². The molecule has 410 valence electrons. The highest BCUT2D eigenvalue weighted by Gasteiger charge is 2.25. The molecule has 0 atom stereocenters. The summed E-state index contributed by atoms with van der Waals surface area (Å²) in [6.45, 7) is 0. The molecule has 0 amide bonds. The average Bonchev–Trinajstić information content (AvgIpc) is 1.83. The predicted octanol–water partition coefficient (Wildman–Crippen LogP) is 20.3. The van der Waals surface area contributed by atoms with Crippen molar-refractivity contribution < 1.29 is 0 Å². The zero-order valence-corrected chi connectivity index (χ0v) is 47.8. The largest absolute Gasteiger partial charge is 0.309 e. The Balaban J connectivity index is 0.829. The Bertz CT molecular complexity index is 5310. The monoisotopic (exact) mass is 1120 g/mol. The van der Waals surface area contributed by atoms with E-state index < -0.39 is 0 Å². The van der Waals surface area contributed by atoms with Gasteiger partial charge in [-0.25, -0.2) is 0 Å². The van der Waals surface area contributed by atoms with Crippen LogP contribution in [0.2, 0.25) is 0 Å². The summed E-state index contributed by atoms with van der Waals surface area (Å²) in [7, 11) is 0. The molecular formula is C82H52N6. The second-order valence-electron chi connectivity index (χ2n) is 22.6. The van der Waals surface area contributed by atoms with Crippen LogP contribution in [0.5, 0.6) is 0 Å². The van der Waals surface area contributed by atoms with Crippen LogP contribution in [0.1, 0.15) is 16.7 Å². The minimum Gasteiger partial charge on any atom is -0.309 e. The number of fused-ring (bicyclic) bond motifs is 9. The number of rotatable bonds is 10. The molecule has 1 aliphatic carbocycles. The number of pyridine rings is 3. The molecule has 2 aliphatic rings. The highest BCUT2D eigenvalue weighted by atomic mass is 15.0. The molecule has 1 aliphatic heterocycles. The topological polar surface area (TPSA) is 60.9 Å². The smallest absolute Gasteiger partial charge is 0.0785 e. The van der Waals surface area contributed by atoms with Gasteiger partial charge in [-0.15, -0.1) is 5.73 Å². The van der Waals surface area contributed by atoms with Crippen LogP contribution in [0.3, 0.4) is 0 Å². The molecule has 88 heavy (non-hydrogen) atoms. The SMILES string of the molecule is C1=CC=CN=C(c2ccccc2-c2ccc3c(c2)c2cc(-c4ccccc4-c4ccccn4)ccc2n3-c2ccc3c(c2)-c2cc(-n4c5ccc(-c6ccccc6-c6ccccn6)cc5c5cc(-c6ccccc6-c6ccccn6)ccc54)ccc2C3)C=1. The lowest BCUT2D eigenvalue weighted by Crippen LogP contribution is -1.99. The Kier molecular flexibility index (Phi) is 12.1. The van der Waals surface area contributed by atoms with Gasteiger partial charge in [-0.2, -0.15) is 0 Å². The van der Waals surface area contributed by atoms with Gasteiger partial charge in [0.2, 0.25) is 0 Å². The second-order valence-corrected chi connectivity index (χ2v) is 22.6. The van der Waals surface area contributed by atoms with E-state index in [1.807, 2.05) is 61.2 Å². The minimum absolute atomic E-state index is 0.859. The van der Waals surface area contributed by atoms with Crippen LogP contribution in [0.15, 0.2) is 315 Å². The van der Waals surface area contributed by atoms with Gasteiger partial charge in [0.1, 0.15) is 0 Å². The zero-order chi connectivity index (χ0) is 58.1. The van der Waals surface area contributed by atoms with Crippen LogP contribution in [-0.2, 0) is 6.42 Å². The molecule has 0 fully saturated rings. The summed E-state index contributed by atoms with van der Waals surface area (Å²) >= 11 is 0. The van der Waals surface area contributed by atoms with Crippen molar-refractivity contribution in [3.8, 4) is 101 Å². The second kappa shape index (κ2) is 21.1. The van der Waals surface area contributed by atoms with E-state index in [1.165, 1.54) is 43.8 Å². The Morgan fingerprint density at radius 3 is 1.03 bits per heavy atom. The Morgan fingerprint density at radius 2 is 0.659 bits per heavy atom. The third-order valence-corrected chi connectivity index (χ3v) is 17.7. The van der Waals surface area contributed by atoms with Gasteiger partial charge in [0.15, 0.2) is 0 Å². The highest BCUT2D eigenvalue weighted by Crippen LogP contribution is 2.46. The summed E-state index contributed by atoms with van der Waals surface area (Å²) in [5.74, 6) is 0. The minimum atomic E-state index is 0.859. The Labute approximate surface area is 509 Å². The molecule has 6 heteroatoms. The number of hydrogen-bond donors (Lipinski definition) is 0. The molecular weight excluding hydrogens is 1070 g/mol. The van der Waals surface area contributed by atoms with Crippen molar-refractivity contribution in [2.45, 2.75) is 6.42 Å². The Morgan fingerprint density at radius 1 is 0.307 bits per heavy atom. The molecule has 6 nitrogen and oxygen atoms in total. The number of aliphatic imine (C=N–C) groups is 1. The van der Waals surface area contributed by atoms with Crippen LogP contribution < -0.4 is 0 Å². The van der Waals surface area contributed by atoms with E-state index in [0.29, 0.717) is 0 Å². The molecule has 0 unspecified atom stereocenters. The lowest BCUT2D eigenvalue weighted by molar-refractivity contribution is 1.17. The molecule has 6 heterocycles. The fourth-order valence-corrected chi connectivity index (χ4v) is 13.6. The first kappa shape index (κ1) is 50.7. The first-order valence-corrected chi connectivity index (χ1v) is 29.9.